The van der Waals surface area contributed by atoms with Crippen LogP contribution in [0.2, 0.25) is 0 Å². The van der Waals surface area contributed by atoms with Gasteiger partial charge in [-0.3, -0.25) is 14.5 Å². The number of carbonyl (C=O) groups is 3. The number of carbonyl (C=O) groups excluding carboxylic acids is 3. The van der Waals surface area contributed by atoms with Gasteiger partial charge in [-0.25, -0.2) is 4.79 Å². The molecule has 0 atom stereocenters. The molecule has 2 aliphatic rings. The lowest BCUT2D eigenvalue weighted by atomic mass is 9.98. The molecule has 2 aromatic rings. The van der Waals surface area contributed by atoms with E-state index in [1.165, 1.54) is 0 Å². The number of aryl methyl sites for hydroxylation is 1. The molecule has 0 unspecified atom stereocenters. The van der Waals surface area contributed by atoms with Gasteiger partial charge in [-0.15, -0.1) is 0 Å². The molecule has 4 amide bonds. The molecule has 2 heterocycles. The molecular weight excluding hydrogens is 398 g/mol. The highest BCUT2D eigenvalue weighted by molar-refractivity contribution is 6.07. The van der Waals surface area contributed by atoms with E-state index in [1.807, 2.05) is 39.0 Å². The van der Waals surface area contributed by atoms with Crippen molar-refractivity contribution in [2.45, 2.75) is 64.3 Å². The van der Waals surface area contributed by atoms with Gasteiger partial charge in [0.25, 0.3) is 11.8 Å². The summed E-state index contributed by atoms with van der Waals surface area (Å²) < 4.78 is 5.39. The molecule has 31 heavy (non-hydrogen) atoms. The third kappa shape index (κ3) is 3.92. The van der Waals surface area contributed by atoms with Crippen molar-refractivity contribution in [3.8, 4) is 11.5 Å². The number of para-hydroxylation sites is 1. The summed E-state index contributed by atoms with van der Waals surface area (Å²) in [7, 11) is 0. The zero-order chi connectivity index (χ0) is 22.2. The molecule has 1 aliphatic heterocycles. The number of nitrogens with zero attached hydrogens (tertiary/aromatic N) is 3. The van der Waals surface area contributed by atoms with Crippen LogP contribution in [-0.2, 0) is 9.59 Å². The van der Waals surface area contributed by atoms with Gasteiger partial charge in [0.05, 0.1) is 11.3 Å². The minimum Gasteiger partial charge on any atom is -0.334 e. The Bertz CT molecular complexity index is 1020. The largest absolute Gasteiger partial charge is 0.334 e. The summed E-state index contributed by atoms with van der Waals surface area (Å²) in [5.41, 5.74) is 1.29. The molecule has 1 aromatic heterocycles. The predicted octanol–water partition coefficient (Wildman–Crippen LogP) is 3.36. The van der Waals surface area contributed by atoms with E-state index in [0.717, 1.165) is 23.3 Å². The molecule has 1 aliphatic carbocycles. The molecule has 0 bridgehead atoms. The number of hydrogen-bond acceptors (Lipinski definition) is 6. The van der Waals surface area contributed by atoms with E-state index in [-0.39, 0.29) is 30.7 Å². The number of imide groups is 1. The van der Waals surface area contributed by atoms with Gasteiger partial charge in [0.15, 0.2) is 5.82 Å². The Morgan fingerprint density at radius 3 is 2.71 bits per heavy atom. The fourth-order valence-corrected chi connectivity index (χ4v) is 4.20. The van der Waals surface area contributed by atoms with Crippen molar-refractivity contribution in [3.63, 3.8) is 0 Å². The van der Waals surface area contributed by atoms with Gasteiger partial charge in [-0.1, -0.05) is 44.0 Å². The topological polar surface area (TPSA) is 117 Å². The maximum absolute atomic E-state index is 12.7. The van der Waals surface area contributed by atoms with Crippen molar-refractivity contribution in [2.24, 2.45) is 0 Å². The van der Waals surface area contributed by atoms with E-state index in [0.29, 0.717) is 35.8 Å². The van der Waals surface area contributed by atoms with Crippen molar-refractivity contribution in [2.75, 3.05) is 11.9 Å². The van der Waals surface area contributed by atoms with Crippen LogP contribution in [0.3, 0.4) is 0 Å². The van der Waals surface area contributed by atoms with Crippen molar-refractivity contribution in [1.29, 1.82) is 0 Å². The Morgan fingerprint density at radius 1 is 1.29 bits per heavy atom. The molecule has 1 saturated heterocycles. The summed E-state index contributed by atoms with van der Waals surface area (Å²) in [5.74, 6) is 0.527. The average molecular weight is 425 g/mol. The number of anilines is 1. The standard InChI is InChI=1S/C22H27N5O4/c1-13(2)18-24-19(31-26-18)15-8-6-7-14(3)17(15)23-16(28)9-12-27-20(29)22(25-21(27)30)10-4-5-11-22/h6-8,13H,4-5,9-12H2,1-3H3,(H,23,28)(H,25,30). The van der Waals surface area contributed by atoms with Crippen LogP contribution < -0.4 is 10.6 Å². The number of hydrogen-bond donors (Lipinski definition) is 2. The number of benzene rings is 1. The Morgan fingerprint density at radius 2 is 2.03 bits per heavy atom. The normalized spacial score (nSPS) is 17.6. The van der Waals surface area contributed by atoms with Crippen LogP contribution in [0, 0.1) is 6.92 Å². The van der Waals surface area contributed by atoms with E-state index in [2.05, 4.69) is 20.8 Å². The molecule has 9 nitrogen and oxygen atoms in total. The first kappa shape index (κ1) is 21.0. The van der Waals surface area contributed by atoms with Gasteiger partial charge in [0.1, 0.15) is 5.54 Å². The Hall–Kier alpha value is -3.23. The monoisotopic (exact) mass is 425 g/mol. The van der Waals surface area contributed by atoms with Crippen LogP contribution in [0.4, 0.5) is 10.5 Å². The minimum atomic E-state index is -0.761. The number of nitrogens with one attached hydrogen (secondary N) is 2. The summed E-state index contributed by atoms with van der Waals surface area (Å²) >= 11 is 0. The van der Waals surface area contributed by atoms with Crippen LogP contribution in [0.1, 0.15) is 63.3 Å². The second-order valence-electron chi connectivity index (χ2n) is 8.58. The van der Waals surface area contributed by atoms with E-state index >= 15 is 0 Å². The van der Waals surface area contributed by atoms with Crippen molar-refractivity contribution in [3.05, 3.63) is 29.6 Å². The number of rotatable bonds is 6. The third-order valence-electron chi connectivity index (χ3n) is 5.99. The molecule has 164 valence electrons. The second-order valence-corrected chi connectivity index (χ2v) is 8.58. The first-order valence-corrected chi connectivity index (χ1v) is 10.7. The van der Waals surface area contributed by atoms with Gasteiger partial charge in [-0.2, -0.15) is 4.98 Å². The zero-order valence-corrected chi connectivity index (χ0v) is 18.0. The highest BCUT2D eigenvalue weighted by Crippen LogP contribution is 2.35. The molecule has 4 rings (SSSR count). The second kappa shape index (κ2) is 8.13. The fraction of sp³-hybridized carbons (Fsp3) is 0.500. The lowest BCUT2D eigenvalue weighted by Crippen LogP contribution is -2.44. The molecule has 1 aromatic carbocycles. The predicted molar refractivity (Wildman–Crippen MR) is 113 cm³/mol. The highest BCUT2D eigenvalue weighted by Gasteiger charge is 2.52. The summed E-state index contributed by atoms with van der Waals surface area (Å²) in [6.07, 6.45) is 3.17. The van der Waals surface area contributed by atoms with Crippen LogP contribution >= 0.6 is 0 Å². The first-order valence-electron chi connectivity index (χ1n) is 10.7. The Labute approximate surface area is 180 Å². The van der Waals surface area contributed by atoms with E-state index < -0.39 is 11.6 Å². The maximum atomic E-state index is 12.7. The Kier molecular flexibility index (Phi) is 5.51. The molecule has 9 heteroatoms. The van der Waals surface area contributed by atoms with E-state index in [1.54, 1.807) is 0 Å². The fourth-order valence-electron chi connectivity index (χ4n) is 4.20. The zero-order valence-electron chi connectivity index (χ0n) is 18.0. The van der Waals surface area contributed by atoms with Gasteiger partial charge >= 0.3 is 6.03 Å². The molecule has 2 N–H and O–H groups in total. The minimum absolute atomic E-state index is 0.00406. The summed E-state index contributed by atoms with van der Waals surface area (Å²) in [6.45, 7) is 5.86. The van der Waals surface area contributed by atoms with Crippen LogP contribution in [0.25, 0.3) is 11.5 Å². The SMILES string of the molecule is Cc1cccc(-c2nc(C(C)C)no2)c1NC(=O)CCN1C(=O)NC2(CCCC2)C1=O. The van der Waals surface area contributed by atoms with Crippen molar-refractivity contribution in [1.82, 2.24) is 20.4 Å². The number of amides is 4. The first-order chi connectivity index (χ1) is 14.8. The van der Waals surface area contributed by atoms with Crippen LogP contribution in [0.15, 0.2) is 22.7 Å². The van der Waals surface area contributed by atoms with Gasteiger partial charge in [0.2, 0.25) is 5.91 Å². The summed E-state index contributed by atoms with van der Waals surface area (Å²) in [4.78, 5) is 43.3. The third-order valence-corrected chi connectivity index (χ3v) is 5.99. The average Bonchev–Trinajstić information content (AvgIpc) is 3.44. The molecule has 1 saturated carbocycles. The van der Waals surface area contributed by atoms with Crippen molar-refractivity contribution >= 4 is 23.5 Å². The van der Waals surface area contributed by atoms with E-state index in [4.69, 9.17) is 4.52 Å². The number of aromatic nitrogens is 2. The maximum Gasteiger partial charge on any atom is 0.325 e. The highest BCUT2D eigenvalue weighted by atomic mass is 16.5. The van der Waals surface area contributed by atoms with Gasteiger partial charge < -0.3 is 15.2 Å². The lowest BCUT2D eigenvalue weighted by molar-refractivity contribution is -0.131. The molecule has 1 spiro atoms. The quantitative estimate of drug-likeness (QED) is 0.685. The summed E-state index contributed by atoms with van der Waals surface area (Å²) in [6, 6.07) is 5.12. The van der Waals surface area contributed by atoms with Crippen LogP contribution in [0.5, 0.6) is 0 Å². The van der Waals surface area contributed by atoms with Crippen LogP contribution in [-0.4, -0.2) is 45.0 Å². The summed E-state index contributed by atoms with van der Waals surface area (Å²) in [5, 5.41) is 9.72. The van der Waals surface area contributed by atoms with E-state index in [9.17, 15) is 14.4 Å². The van der Waals surface area contributed by atoms with Gasteiger partial charge in [0, 0.05) is 18.9 Å². The smallest absolute Gasteiger partial charge is 0.325 e. The van der Waals surface area contributed by atoms with Crippen molar-refractivity contribution < 1.29 is 18.9 Å². The van der Waals surface area contributed by atoms with Gasteiger partial charge in [-0.05, 0) is 31.4 Å². The Balaban J connectivity index is 1.45. The molecule has 0 radical (unpaired) electrons. The molecule has 2 fully saturated rings. The molecular formula is C22H27N5O4. The lowest BCUT2D eigenvalue weighted by Gasteiger charge is -2.20. The number of urea groups is 1.